The van der Waals surface area contributed by atoms with E-state index in [1.165, 1.54) is 30.5 Å². The second-order valence-corrected chi connectivity index (χ2v) is 9.31. The highest BCUT2D eigenvalue weighted by atomic mass is 19.1. The molecule has 0 aliphatic heterocycles. The molecule has 5 rings (SSSR count). The van der Waals surface area contributed by atoms with Crippen molar-refractivity contribution in [3.63, 3.8) is 0 Å². The van der Waals surface area contributed by atoms with E-state index >= 15 is 0 Å². The average molecular weight is 394 g/mol. The summed E-state index contributed by atoms with van der Waals surface area (Å²) in [6.45, 7) is 2.71. The van der Waals surface area contributed by atoms with Crippen molar-refractivity contribution in [2.24, 2.45) is 28.9 Å². The van der Waals surface area contributed by atoms with Crippen LogP contribution in [0.15, 0.2) is 36.0 Å². The van der Waals surface area contributed by atoms with E-state index in [4.69, 9.17) is 5.73 Å². The maximum Gasteiger partial charge on any atom is 0.141 e. The summed E-state index contributed by atoms with van der Waals surface area (Å²) in [7, 11) is 0. The van der Waals surface area contributed by atoms with Gasteiger partial charge in [0, 0.05) is 23.8 Å². The Labute approximate surface area is 171 Å². The number of rotatable bonds is 6. The fourth-order valence-electron chi connectivity index (χ4n) is 5.46. The Hall–Kier alpha value is -2.27. The Morgan fingerprint density at radius 2 is 2.07 bits per heavy atom. The van der Waals surface area contributed by atoms with Gasteiger partial charge in [0.1, 0.15) is 11.6 Å². The zero-order chi connectivity index (χ0) is 20.2. The van der Waals surface area contributed by atoms with Crippen molar-refractivity contribution < 1.29 is 9.18 Å². The summed E-state index contributed by atoms with van der Waals surface area (Å²) < 4.78 is 15.2. The lowest BCUT2D eigenvalue weighted by atomic mass is 9.67. The third-order valence-corrected chi connectivity index (χ3v) is 7.38. The van der Waals surface area contributed by atoms with Crippen molar-refractivity contribution >= 4 is 11.9 Å². The zero-order valence-corrected chi connectivity index (χ0v) is 16.9. The van der Waals surface area contributed by atoms with Crippen LogP contribution in [0.3, 0.4) is 0 Å². The largest absolute Gasteiger partial charge is 0.330 e. The number of allylic oxidation sites excluding steroid dienone is 1. The predicted octanol–water partition coefficient (Wildman–Crippen LogP) is 4.31. The molecule has 3 aliphatic carbocycles. The fourth-order valence-corrected chi connectivity index (χ4v) is 5.46. The number of carbonyl (C=O) groups excluding carboxylic acids is 1. The number of aromatic nitrogens is 2. The highest BCUT2D eigenvalue weighted by Crippen LogP contribution is 2.54. The molecule has 2 saturated carbocycles. The monoisotopic (exact) mass is 393 g/mol. The van der Waals surface area contributed by atoms with Crippen molar-refractivity contribution in [1.82, 2.24) is 9.78 Å². The van der Waals surface area contributed by atoms with Gasteiger partial charge in [-0.2, -0.15) is 5.10 Å². The summed E-state index contributed by atoms with van der Waals surface area (Å²) in [5.41, 5.74) is 10.3. The molecule has 1 heterocycles. The Morgan fingerprint density at radius 1 is 1.31 bits per heavy atom. The minimum Gasteiger partial charge on any atom is -0.330 e. The van der Waals surface area contributed by atoms with E-state index in [2.05, 4.69) is 18.1 Å². The first-order valence-electron chi connectivity index (χ1n) is 10.8. The molecule has 2 aromatic rings. The Bertz CT molecular complexity index is 973. The van der Waals surface area contributed by atoms with Crippen LogP contribution in [-0.4, -0.2) is 22.1 Å². The first-order chi connectivity index (χ1) is 14.0. The summed E-state index contributed by atoms with van der Waals surface area (Å²) in [5, 5.41) is 4.57. The van der Waals surface area contributed by atoms with E-state index in [0.29, 0.717) is 18.2 Å². The van der Waals surface area contributed by atoms with Gasteiger partial charge in [-0.25, -0.2) is 9.07 Å². The third-order valence-electron chi connectivity index (χ3n) is 7.38. The number of benzene rings is 1. The second kappa shape index (κ2) is 6.91. The van der Waals surface area contributed by atoms with Gasteiger partial charge in [-0.3, -0.25) is 4.79 Å². The van der Waals surface area contributed by atoms with Crippen LogP contribution in [0.5, 0.6) is 0 Å². The smallest absolute Gasteiger partial charge is 0.141 e. The van der Waals surface area contributed by atoms with E-state index in [-0.39, 0.29) is 23.1 Å². The molecule has 4 nitrogen and oxygen atoms in total. The highest BCUT2D eigenvalue weighted by Gasteiger charge is 2.50. The number of hydrogen-bond donors (Lipinski definition) is 1. The quantitative estimate of drug-likeness (QED) is 0.795. The lowest BCUT2D eigenvalue weighted by Gasteiger charge is -2.36. The number of nitrogens with two attached hydrogens (primary N) is 1. The first-order valence-corrected chi connectivity index (χ1v) is 10.8. The van der Waals surface area contributed by atoms with Crippen LogP contribution in [-0.2, 0) is 11.2 Å². The van der Waals surface area contributed by atoms with E-state index in [1.54, 1.807) is 12.1 Å². The number of Topliss-reactive ketones (excluding diaryl/α,β-unsaturated/α-hetero) is 1. The van der Waals surface area contributed by atoms with E-state index in [1.807, 2.05) is 10.9 Å². The summed E-state index contributed by atoms with van der Waals surface area (Å²) in [6.07, 6.45) is 10.3. The van der Waals surface area contributed by atoms with Crippen LogP contribution in [0.25, 0.3) is 11.8 Å². The maximum atomic E-state index is 13.4. The normalized spacial score (nSPS) is 26.6. The summed E-state index contributed by atoms with van der Waals surface area (Å²) in [6, 6.07) is 6.42. The third kappa shape index (κ3) is 3.16. The van der Waals surface area contributed by atoms with Crippen LogP contribution in [0.2, 0.25) is 0 Å². The van der Waals surface area contributed by atoms with Crippen molar-refractivity contribution in [2.45, 2.75) is 45.4 Å². The van der Waals surface area contributed by atoms with Crippen molar-refractivity contribution in [3.8, 4) is 5.69 Å². The van der Waals surface area contributed by atoms with E-state index < -0.39 is 0 Å². The molecule has 0 radical (unpaired) electrons. The number of ketones is 1. The SMILES string of the molecule is C[C@]12Cc3cnn(-c4ccc(F)cc4)c3C=C1CC[C@@H]2C(=O)C(CN)CC1CC1. The molecule has 3 aliphatic rings. The minimum absolute atomic E-state index is 0.00649. The van der Waals surface area contributed by atoms with Gasteiger partial charge in [0.25, 0.3) is 0 Å². The van der Waals surface area contributed by atoms with Crippen molar-refractivity contribution in [2.75, 3.05) is 6.54 Å². The summed E-state index contributed by atoms with van der Waals surface area (Å²) >= 11 is 0. The summed E-state index contributed by atoms with van der Waals surface area (Å²) in [4.78, 5) is 13.4. The molecule has 2 fully saturated rings. The maximum absolute atomic E-state index is 13.4. The topological polar surface area (TPSA) is 60.9 Å². The zero-order valence-electron chi connectivity index (χ0n) is 16.9. The molecule has 0 bridgehead atoms. The fraction of sp³-hybridized carbons (Fsp3) is 0.500. The molecule has 2 N–H and O–H groups in total. The molecule has 152 valence electrons. The molecule has 5 heteroatoms. The molecule has 1 aromatic heterocycles. The van der Waals surface area contributed by atoms with Crippen molar-refractivity contribution in [3.05, 3.63) is 53.1 Å². The number of halogens is 1. The van der Waals surface area contributed by atoms with E-state index in [0.717, 1.165) is 42.6 Å². The molecule has 29 heavy (non-hydrogen) atoms. The molecule has 0 spiro atoms. The second-order valence-electron chi connectivity index (χ2n) is 9.31. The van der Waals surface area contributed by atoms with Gasteiger partial charge < -0.3 is 5.73 Å². The number of hydrogen-bond acceptors (Lipinski definition) is 3. The lowest BCUT2D eigenvalue weighted by molar-refractivity contribution is -0.129. The molecular formula is C24H28FN3O. The molecule has 1 unspecified atom stereocenters. The number of carbonyl (C=O) groups is 1. The Kier molecular flexibility index (Phi) is 4.46. The molecule has 0 saturated heterocycles. The Balaban J connectivity index is 1.44. The van der Waals surface area contributed by atoms with Gasteiger partial charge in [0.05, 0.1) is 17.6 Å². The predicted molar refractivity (Wildman–Crippen MR) is 111 cm³/mol. The number of fused-ring (bicyclic) bond motifs is 2. The highest BCUT2D eigenvalue weighted by molar-refractivity contribution is 5.86. The van der Waals surface area contributed by atoms with Gasteiger partial charge in [-0.1, -0.05) is 25.3 Å². The standard InChI is InChI=1S/C24H28FN3O/c1-24-12-17-14-27-28(20-7-5-19(25)6-8-20)22(17)11-18(24)4-9-21(24)23(29)16(13-26)10-15-2-3-15/h5-8,11,14-16,21H,2-4,9-10,12-13,26H2,1H3/t16?,21-,24+/m1/s1. The van der Waals surface area contributed by atoms with Gasteiger partial charge in [0.2, 0.25) is 0 Å². The van der Waals surface area contributed by atoms with Gasteiger partial charge in [-0.05, 0) is 67.5 Å². The van der Waals surface area contributed by atoms with Crippen LogP contribution in [0.4, 0.5) is 4.39 Å². The molecule has 0 amide bonds. The molecule has 1 aromatic carbocycles. The van der Waals surface area contributed by atoms with E-state index in [9.17, 15) is 9.18 Å². The van der Waals surface area contributed by atoms with Gasteiger partial charge >= 0.3 is 0 Å². The van der Waals surface area contributed by atoms with Crippen LogP contribution >= 0.6 is 0 Å². The van der Waals surface area contributed by atoms with Crippen LogP contribution in [0.1, 0.15) is 50.3 Å². The molecular weight excluding hydrogens is 365 g/mol. The average Bonchev–Trinajstić information content (AvgIpc) is 3.36. The van der Waals surface area contributed by atoms with Gasteiger partial charge in [-0.15, -0.1) is 0 Å². The summed E-state index contributed by atoms with van der Waals surface area (Å²) in [5.74, 6) is 0.886. The lowest BCUT2D eigenvalue weighted by Crippen LogP contribution is -2.39. The van der Waals surface area contributed by atoms with Crippen LogP contribution < -0.4 is 5.73 Å². The minimum atomic E-state index is -0.251. The van der Waals surface area contributed by atoms with Crippen LogP contribution in [0, 0.1) is 29.0 Å². The first kappa shape index (κ1) is 18.7. The molecule has 3 atom stereocenters. The Morgan fingerprint density at radius 3 is 2.76 bits per heavy atom. The van der Waals surface area contributed by atoms with Gasteiger partial charge in [0.15, 0.2) is 0 Å². The van der Waals surface area contributed by atoms with Crippen molar-refractivity contribution in [1.29, 1.82) is 0 Å². The number of nitrogens with zero attached hydrogens (tertiary/aromatic N) is 2.